The zero-order valence-electron chi connectivity index (χ0n) is 14.8. The van der Waals surface area contributed by atoms with Crippen LogP contribution in [-0.2, 0) is 18.4 Å². The number of amides is 1. The molecular formula is C16H24FN7O. The monoisotopic (exact) mass is 349 g/mol. The summed E-state index contributed by atoms with van der Waals surface area (Å²) in [6, 6.07) is 1.49. The Morgan fingerprint density at radius 3 is 2.92 bits per heavy atom. The maximum atomic E-state index is 14.0. The minimum atomic E-state index is -0.866. The van der Waals surface area contributed by atoms with Crippen LogP contribution in [0.2, 0.25) is 0 Å². The maximum absolute atomic E-state index is 14.0. The van der Waals surface area contributed by atoms with Gasteiger partial charge in [-0.2, -0.15) is 10.2 Å². The van der Waals surface area contributed by atoms with Crippen molar-refractivity contribution in [3.63, 3.8) is 0 Å². The van der Waals surface area contributed by atoms with Crippen molar-refractivity contribution in [2.75, 3.05) is 20.1 Å². The normalized spacial score (nSPS) is 22.2. The van der Waals surface area contributed by atoms with Gasteiger partial charge in [0, 0.05) is 46.0 Å². The number of likely N-dealkylation sites (tertiary alicyclic amines) is 1. The minimum absolute atomic E-state index is 0.0122. The second kappa shape index (κ2) is 7.30. The third-order valence-electron chi connectivity index (χ3n) is 4.82. The van der Waals surface area contributed by atoms with Crippen LogP contribution >= 0.6 is 0 Å². The summed E-state index contributed by atoms with van der Waals surface area (Å²) < 4.78 is 17.3. The predicted octanol–water partition coefficient (Wildman–Crippen LogP) is 0.644. The fraction of sp³-hybridized carbons (Fsp3) is 0.625. The van der Waals surface area contributed by atoms with Gasteiger partial charge in [0.1, 0.15) is 24.9 Å². The summed E-state index contributed by atoms with van der Waals surface area (Å²) in [5.41, 5.74) is 1.03. The molecule has 0 aliphatic carbocycles. The summed E-state index contributed by atoms with van der Waals surface area (Å²) >= 11 is 0. The van der Waals surface area contributed by atoms with Crippen LogP contribution in [0.25, 0.3) is 0 Å². The van der Waals surface area contributed by atoms with E-state index in [-0.39, 0.29) is 11.9 Å². The maximum Gasteiger partial charge on any atom is 0.247 e. The molecule has 2 aromatic rings. The fourth-order valence-electron chi connectivity index (χ4n) is 3.33. The van der Waals surface area contributed by atoms with Gasteiger partial charge < -0.3 is 4.90 Å². The van der Waals surface area contributed by atoms with Crippen molar-refractivity contribution in [3.8, 4) is 0 Å². The third kappa shape index (κ3) is 3.87. The zero-order valence-corrected chi connectivity index (χ0v) is 14.8. The molecule has 8 nitrogen and oxygen atoms in total. The number of nitrogens with zero attached hydrogens (tertiary/aromatic N) is 7. The van der Waals surface area contributed by atoms with Gasteiger partial charge in [0.2, 0.25) is 5.91 Å². The Morgan fingerprint density at radius 2 is 2.28 bits per heavy atom. The molecule has 0 unspecified atom stereocenters. The van der Waals surface area contributed by atoms with Gasteiger partial charge in [-0.05, 0) is 19.4 Å². The quantitative estimate of drug-likeness (QED) is 0.765. The molecule has 3 rings (SSSR count). The average Bonchev–Trinajstić information content (AvgIpc) is 3.30. The summed E-state index contributed by atoms with van der Waals surface area (Å²) in [4.78, 5) is 20.2. The number of aryl methyl sites for hydroxylation is 1. The molecule has 0 aromatic carbocycles. The Balaban J connectivity index is 1.63. The number of hydrogen-bond acceptors (Lipinski definition) is 5. The molecule has 136 valence electrons. The molecule has 3 atom stereocenters. The van der Waals surface area contributed by atoms with Gasteiger partial charge in [-0.25, -0.2) is 14.1 Å². The lowest BCUT2D eigenvalue weighted by Gasteiger charge is -2.29. The average molecular weight is 349 g/mol. The third-order valence-corrected chi connectivity index (χ3v) is 4.82. The molecule has 1 amide bonds. The molecule has 0 spiro atoms. The van der Waals surface area contributed by atoms with Gasteiger partial charge in [0.15, 0.2) is 0 Å². The number of rotatable bonds is 6. The number of carbonyl (C=O) groups is 1. The predicted molar refractivity (Wildman–Crippen MR) is 89.3 cm³/mol. The highest BCUT2D eigenvalue weighted by Crippen LogP contribution is 2.23. The highest BCUT2D eigenvalue weighted by molar-refractivity contribution is 5.79. The van der Waals surface area contributed by atoms with E-state index in [4.69, 9.17) is 0 Å². The van der Waals surface area contributed by atoms with Gasteiger partial charge >= 0.3 is 0 Å². The van der Waals surface area contributed by atoms with Gasteiger partial charge in [-0.3, -0.25) is 14.4 Å². The van der Waals surface area contributed by atoms with Gasteiger partial charge in [-0.15, -0.1) is 0 Å². The van der Waals surface area contributed by atoms with Gasteiger partial charge in [-0.1, -0.05) is 0 Å². The summed E-state index contributed by atoms with van der Waals surface area (Å²) in [6.07, 6.45) is 4.24. The van der Waals surface area contributed by atoms with Crippen LogP contribution in [0.1, 0.15) is 25.1 Å². The van der Waals surface area contributed by atoms with Crippen LogP contribution in [0.4, 0.5) is 4.39 Å². The van der Waals surface area contributed by atoms with Crippen molar-refractivity contribution in [1.29, 1.82) is 0 Å². The lowest BCUT2D eigenvalue weighted by molar-refractivity contribution is -0.133. The first kappa shape index (κ1) is 17.5. The van der Waals surface area contributed by atoms with Crippen LogP contribution in [0.3, 0.4) is 0 Å². The molecule has 0 bridgehead atoms. The number of carbonyl (C=O) groups excluding carboxylic acids is 1. The van der Waals surface area contributed by atoms with E-state index in [0.717, 1.165) is 5.69 Å². The molecule has 1 aliphatic heterocycles. The van der Waals surface area contributed by atoms with Crippen LogP contribution in [0, 0.1) is 0 Å². The number of aromatic nitrogens is 5. The standard InChI is InChI=1S/C16H24FN7O/c1-12(24-11-18-10-20-24)16(25)21(2)8-15-6-13(17)7-23(15)9-14-4-5-19-22(14)3/h4-5,10-13,15H,6-9H2,1-3H3/t12-,13-,15-/m0/s1. The molecule has 2 aromatic heterocycles. The molecule has 1 saturated heterocycles. The first-order chi connectivity index (χ1) is 12.0. The van der Waals surface area contributed by atoms with Crippen LogP contribution in [0.5, 0.6) is 0 Å². The first-order valence-electron chi connectivity index (χ1n) is 8.39. The minimum Gasteiger partial charge on any atom is -0.342 e. The molecule has 0 N–H and O–H groups in total. The molecule has 1 fully saturated rings. The van der Waals surface area contributed by atoms with Crippen molar-refractivity contribution in [1.82, 2.24) is 34.3 Å². The molecular weight excluding hydrogens is 325 g/mol. The van der Waals surface area contributed by atoms with Crippen molar-refractivity contribution in [2.24, 2.45) is 7.05 Å². The van der Waals surface area contributed by atoms with Crippen molar-refractivity contribution in [2.45, 2.75) is 38.1 Å². The molecule has 1 aliphatic rings. The van der Waals surface area contributed by atoms with Crippen LogP contribution in [-0.4, -0.2) is 72.6 Å². The number of alkyl halides is 1. The fourth-order valence-corrected chi connectivity index (χ4v) is 3.33. The summed E-state index contributed by atoms with van der Waals surface area (Å²) in [6.45, 7) is 3.28. The largest absolute Gasteiger partial charge is 0.342 e. The Bertz CT molecular complexity index is 701. The van der Waals surface area contributed by atoms with E-state index in [9.17, 15) is 9.18 Å². The topological polar surface area (TPSA) is 72.1 Å². The van der Waals surface area contributed by atoms with Crippen LogP contribution in [0.15, 0.2) is 24.9 Å². The lowest BCUT2D eigenvalue weighted by Crippen LogP contribution is -2.43. The van der Waals surface area contributed by atoms with E-state index in [1.165, 1.54) is 17.3 Å². The molecule has 9 heteroatoms. The van der Waals surface area contributed by atoms with Crippen molar-refractivity contribution >= 4 is 5.91 Å². The van der Waals surface area contributed by atoms with E-state index >= 15 is 0 Å². The van der Waals surface area contributed by atoms with E-state index in [0.29, 0.717) is 26.1 Å². The molecule has 3 heterocycles. The summed E-state index contributed by atoms with van der Waals surface area (Å²) in [7, 11) is 3.63. The van der Waals surface area contributed by atoms with E-state index < -0.39 is 12.2 Å². The van der Waals surface area contributed by atoms with Crippen LogP contribution < -0.4 is 0 Å². The Hall–Kier alpha value is -2.29. The SMILES string of the molecule is C[C@@H](C(=O)N(C)C[C@@H]1C[C@H](F)CN1Cc1ccnn1C)n1cncn1. The summed E-state index contributed by atoms with van der Waals surface area (Å²) in [5.74, 6) is -0.0618. The second-order valence-electron chi connectivity index (χ2n) is 6.63. The Labute approximate surface area is 146 Å². The first-order valence-corrected chi connectivity index (χ1v) is 8.39. The highest BCUT2D eigenvalue weighted by atomic mass is 19.1. The number of hydrogen-bond donors (Lipinski definition) is 0. The molecule has 0 radical (unpaired) electrons. The van der Waals surface area contributed by atoms with E-state index in [1.807, 2.05) is 13.1 Å². The van der Waals surface area contributed by atoms with E-state index in [1.54, 1.807) is 29.7 Å². The Kier molecular flexibility index (Phi) is 5.12. The summed E-state index contributed by atoms with van der Waals surface area (Å²) in [5, 5.41) is 8.18. The highest BCUT2D eigenvalue weighted by Gasteiger charge is 2.34. The lowest BCUT2D eigenvalue weighted by atomic mass is 10.2. The Morgan fingerprint density at radius 1 is 1.48 bits per heavy atom. The molecule has 0 saturated carbocycles. The van der Waals surface area contributed by atoms with Gasteiger partial charge in [0.05, 0.1) is 5.69 Å². The van der Waals surface area contributed by atoms with E-state index in [2.05, 4.69) is 20.1 Å². The van der Waals surface area contributed by atoms with Crippen molar-refractivity contribution < 1.29 is 9.18 Å². The smallest absolute Gasteiger partial charge is 0.247 e. The number of likely N-dealkylation sites (N-methyl/N-ethyl adjacent to an activating group) is 1. The van der Waals surface area contributed by atoms with Crippen molar-refractivity contribution in [3.05, 3.63) is 30.6 Å². The molecule has 25 heavy (non-hydrogen) atoms. The van der Waals surface area contributed by atoms with Gasteiger partial charge in [0.25, 0.3) is 0 Å². The second-order valence-corrected chi connectivity index (χ2v) is 6.63. The number of halogens is 1. The zero-order chi connectivity index (χ0) is 18.0.